The van der Waals surface area contributed by atoms with E-state index in [-0.39, 0.29) is 22.6 Å². The Bertz CT molecular complexity index is 962. The van der Waals surface area contributed by atoms with Crippen molar-refractivity contribution in [3.8, 4) is 11.3 Å². The summed E-state index contributed by atoms with van der Waals surface area (Å²) >= 11 is 0. The van der Waals surface area contributed by atoms with Crippen molar-refractivity contribution in [1.29, 1.82) is 0 Å². The average molecular weight is 366 g/mol. The van der Waals surface area contributed by atoms with Gasteiger partial charge in [-0.2, -0.15) is 0 Å². The summed E-state index contributed by atoms with van der Waals surface area (Å²) in [5, 5.41) is 11.4. The summed E-state index contributed by atoms with van der Waals surface area (Å²) in [6.45, 7) is 3.88. The highest BCUT2D eigenvalue weighted by atomic mass is 19.1. The minimum atomic E-state index is -0.645. The van der Waals surface area contributed by atoms with Crippen molar-refractivity contribution in [2.24, 2.45) is 5.73 Å². The molecule has 0 spiro atoms. The highest BCUT2D eigenvalue weighted by Crippen LogP contribution is 2.27. The van der Waals surface area contributed by atoms with Crippen LogP contribution in [0.4, 0.5) is 10.2 Å². The van der Waals surface area contributed by atoms with E-state index in [0.717, 1.165) is 5.57 Å². The van der Waals surface area contributed by atoms with Crippen molar-refractivity contribution in [3.05, 3.63) is 65.5 Å². The summed E-state index contributed by atoms with van der Waals surface area (Å²) in [5.41, 5.74) is 6.30. The van der Waals surface area contributed by atoms with Crippen molar-refractivity contribution < 1.29 is 14.0 Å². The van der Waals surface area contributed by atoms with Gasteiger partial charge in [0, 0.05) is 17.5 Å². The molecule has 0 radical (unpaired) electrons. The maximum absolute atomic E-state index is 14.1. The Morgan fingerprint density at radius 2 is 2.00 bits per heavy atom. The summed E-state index contributed by atoms with van der Waals surface area (Å²) in [6, 6.07) is 7.12. The standard InChI is InChI=1S/C20H19FN4O2/c1-20(2,13-4-3-5-14(26)11-13)23-18-9-8-17(24-25-18)15-10-12(19(22)27)6-7-16(15)21/h3-10H,11H2,1-2H3,(H2,22,27)(H,23,25). The van der Waals surface area contributed by atoms with Gasteiger partial charge in [0.15, 0.2) is 5.78 Å². The summed E-state index contributed by atoms with van der Waals surface area (Å²) in [4.78, 5) is 22.9. The number of hydrogen-bond acceptors (Lipinski definition) is 5. The molecule has 138 valence electrons. The van der Waals surface area contributed by atoms with Gasteiger partial charge in [-0.15, -0.1) is 10.2 Å². The summed E-state index contributed by atoms with van der Waals surface area (Å²) in [7, 11) is 0. The molecule has 7 heteroatoms. The van der Waals surface area contributed by atoms with Crippen molar-refractivity contribution >= 4 is 17.5 Å². The number of nitrogens with two attached hydrogens (primary N) is 1. The molecule has 0 bridgehead atoms. The molecule has 0 saturated heterocycles. The Morgan fingerprint density at radius 3 is 2.63 bits per heavy atom. The Balaban J connectivity index is 1.83. The van der Waals surface area contributed by atoms with E-state index in [1.54, 1.807) is 24.3 Å². The number of rotatable bonds is 5. The van der Waals surface area contributed by atoms with Gasteiger partial charge < -0.3 is 11.1 Å². The molecule has 1 aromatic heterocycles. The van der Waals surface area contributed by atoms with E-state index in [1.165, 1.54) is 18.2 Å². The Morgan fingerprint density at radius 1 is 1.22 bits per heavy atom. The lowest BCUT2D eigenvalue weighted by Crippen LogP contribution is -2.35. The van der Waals surface area contributed by atoms with Crippen molar-refractivity contribution in [2.75, 3.05) is 5.32 Å². The van der Waals surface area contributed by atoms with E-state index < -0.39 is 17.3 Å². The number of primary amides is 1. The van der Waals surface area contributed by atoms with Crippen LogP contribution in [0.1, 0.15) is 30.6 Å². The molecule has 0 fully saturated rings. The Kier molecular flexibility index (Phi) is 4.85. The van der Waals surface area contributed by atoms with Gasteiger partial charge >= 0.3 is 0 Å². The maximum atomic E-state index is 14.1. The van der Waals surface area contributed by atoms with E-state index >= 15 is 0 Å². The first kappa shape index (κ1) is 18.4. The van der Waals surface area contributed by atoms with Crippen LogP contribution in [0, 0.1) is 5.82 Å². The van der Waals surface area contributed by atoms with Gasteiger partial charge in [0.1, 0.15) is 11.6 Å². The van der Waals surface area contributed by atoms with Gasteiger partial charge in [-0.25, -0.2) is 4.39 Å². The van der Waals surface area contributed by atoms with Gasteiger partial charge in [-0.1, -0.05) is 12.2 Å². The molecule has 0 atom stereocenters. The third-order valence-corrected chi connectivity index (χ3v) is 4.38. The second-order valence-corrected chi connectivity index (χ2v) is 6.81. The zero-order valence-electron chi connectivity index (χ0n) is 15.0. The van der Waals surface area contributed by atoms with Crippen LogP contribution in [0.2, 0.25) is 0 Å². The molecule has 3 rings (SSSR count). The molecule has 1 aliphatic carbocycles. The molecular formula is C20H19FN4O2. The fraction of sp³-hybridized carbons (Fsp3) is 0.200. The molecular weight excluding hydrogens is 347 g/mol. The first-order valence-electron chi connectivity index (χ1n) is 8.38. The fourth-order valence-electron chi connectivity index (χ4n) is 2.82. The van der Waals surface area contributed by atoms with Crippen molar-refractivity contribution in [2.45, 2.75) is 25.8 Å². The van der Waals surface area contributed by atoms with Crippen LogP contribution < -0.4 is 11.1 Å². The number of nitrogens with zero attached hydrogens (tertiary/aromatic N) is 2. The maximum Gasteiger partial charge on any atom is 0.248 e. The number of anilines is 1. The first-order valence-corrected chi connectivity index (χ1v) is 8.38. The predicted molar refractivity (Wildman–Crippen MR) is 100 cm³/mol. The molecule has 1 heterocycles. The molecule has 1 amide bonds. The zero-order chi connectivity index (χ0) is 19.6. The number of allylic oxidation sites excluding steroid dienone is 3. The monoisotopic (exact) mass is 366 g/mol. The van der Waals surface area contributed by atoms with E-state index in [1.807, 2.05) is 19.9 Å². The Labute approximate surface area is 156 Å². The van der Waals surface area contributed by atoms with Crippen LogP contribution in [0.25, 0.3) is 11.3 Å². The number of carbonyl (C=O) groups is 2. The predicted octanol–water partition coefficient (Wildman–Crippen LogP) is 3.03. The van der Waals surface area contributed by atoms with Gasteiger partial charge in [-0.3, -0.25) is 9.59 Å². The molecule has 0 unspecified atom stereocenters. The number of halogens is 1. The molecule has 6 nitrogen and oxygen atoms in total. The number of amides is 1. The fourth-order valence-corrected chi connectivity index (χ4v) is 2.82. The molecule has 3 N–H and O–H groups in total. The summed E-state index contributed by atoms with van der Waals surface area (Å²) in [6.07, 6.45) is 5.52. The molecule has 0 saturated carbocycles. The van der Waals surface area contributed by atoms with E-state index in [4.69, 9.17) is 5.73 Å². The van der Waals surface area contributed by atoms with Crippen molar-refractivity contribution in [1.82, 2.24) is 10.2 Å². The lowest BCUT2D eigenvalue weighted by Gasteiger charge is -2.30. The van der Waals surface area contributed by atoms with Crippen LogP contribution in [0.3, 0.4) is 0 Å². The van der Waals surface area contributed by atoms with Crippen LogP contribution in [-0.2, 0) is 4.79 Å². The minimum Gasteiger partial charge on any atom is -0.366 e. The van der Waals surface area contributed by atoms with Crippen LogP contribution in [-0.4, -0.2) is 27.4 Å². The number of nitrogens with one attached hydrogen (secondary N) is 1. The third kappa shape index (κ3) is 4.08. The lowest BCUT2D eigenvalue weighted by molar-refractivity contribution is -0.114. The summed E-state index contributed by atoms with van der Waals surface area (Å²) < 4.78 is 14.1. The van der Waals surface area contributed by atoms with E-state index in [0.29, 0.717) is 12.2 Å². The zero-order valence-corrected chi connectivity index (χ0v) is 15.0. The SMILES string of the molecule is CC(C)(Nc1ccc(-c2cc(C(N)=O)ccc2F)nn1)C1=CC=CC(=O)C1. The highest BCUT2D eigenvalue weighted by molar-refractivity contribution is 5.94. The lowest BCUT2D eigenvalue weighted by atomic mass is 9.87. The van der Waals surface area contributed by atoms with Gasteiger partial charge in [0.05, 0.1) is 11.2 Å². The number of aromatic nitrogens is 2. The molecule has 2 aromatic rings. The van der Waals surface area contributed by atoms with Gasteiger partial charge in [0.25, 0.3) is 0 Å². The van der Waals surface area contributed by atoms with E-state index in [9.17, 15) is 14.0 Å². The van der Waals surface area contributed by atoms with Gasteiger partial charge in [0.2, 0.25) is 5.91 Å². The molecule has 0 aliphatic heterocycles. The average Bonchev–Trinajstić information content (AvgIpc) is 2.62. The van der Waals surface area contributed by atoms with Crippen LogP contribution in [0.5, 0.6) is 0 Å². The quantitative estimate of drug-likeness (QED) is 0.848. The van der Waals surface area contributed by atoms with Crippen LogP contribution >= 0.6 is 0 Å². The highest BCUT2D eigenvalue weighted by Gasteiger charge is 2.26. The third-order valence-electron chi connectivity index (χ3n) is 4.38. The minimum absolute atomic E-state index is 0.0496. The topological polar surface area (TPSA) is 98.0 Å². The van der Waals surface area contributed by atoms with Crippen molar-refractivity contribution in [3.63, 3.8) is 0 Å². The molecule has 27 heavy (non-hydrogen) atoms. The first-order chi connectivity index (χ1) is 12.8. The number of ketones is 1. The number of benzene rings is 1. The summed E-state index contributed by atoms with van der Waals surface area (Å²) in [5.74, 6) is -0.631. The smallest absolute Gasteiger partial charge is 0.248 e. The Hall–Kier alpha value is -3.35. The largest absolute Gasteiger partial charge is 0.366 e. The number of hydrogen-bond donors (Lipinski definition) is 2. The molecule has 1 aliphatic rings. The second-order valence-electron chi connectivity index (χ2n) is 6.81. The molecule has 1 aromatic carbocycles. The second kappa shape index (κ2) is 7.11. The normalized spacial score (nSPS) is 14.0. The number of carbonyl (C=O) groups excluding carboxylic acids is 2. The van der Waals surface area contributed by atoms with Crippen LogP contribution in [0.15, 0.2) is 54.1 Å². The van der Waals surface area contributed by atoms with E-state index in [2.05, 4.69) is 15.5 Å². The van der Waals surface area contributed by atoms with Gasteiger partial charge in [-0.05, 0) is 55.8 Å².